The number of carbonyl (C=O) groups excluding carboxylic acids is 1. The molecule has 0 saturated carbocycles. The molecule has 2 aromatic carbocycles. The normalized spacial score (nSPS) is 10.5. The first-order chi connectivity index (χ1) is 12.5. The number of nitrogens with zero attached hydrogens (tertiary/aromatic N) is 3. The summed E-state index contributed by atoms with van der Waals surface area (Å²) in [7, 11) is 0. The monoisotopic (exact) mass is 348 g/mol. The SMILES string of the molecule is CCc1cccc(NC(=O)Cn2ncc(-c3ccc(C)cc3)nc2=O)c1. The molecule has 26 heavy (non-hydrogen) atoms. The van der Waals surface area contributed by atoms with Crippen molar-refractivity contribution in [2.45, 2.75) is 26.8 Å². The summed E-state index contributed by atoms with van der Waals surface area (Å²) in [5.41, 5.74) is 3.70. The molecule has 1 heterocycles. The van der Waals surface area contributed by atoms with Crippen molar-refractivity contribution in [2.24, 2.45) is 0 Å². The number of aromatic nitrogens is 3. The van der Waals surface area contributed by atoms with Crippen LogP contribution in [-0.4, -0.2) is 20.7 Å². The molecule has 1 amide bonds. The van der Waals surface area contributed by atoms with E-state index in [1.165, 1.54) is 6.20 Å². The Bertz CT molecular complexity index is 978. The van der Waals surface area contributed by atoms with Gasteiger partial charge in [0, 0.05) is 11.3 Å². The van der Waals surface area contributed by atoms with Gasteiger partial charge in [-0.15, -0.1) is 0 Å². The van der Waals surface area contributed by atoms with E-state index in [1.54, 1.807) is 0 Å². The zero-order valence-corrected chi connectivity index (χ0v) is 14.8. The maximum Gasteiger partial charge on any atom is 0.365 e. The Kier molecular flexibility index (Phi) is 5.22. The fourth-order valence-electron chi connectivity index (χ4n) is 2.54. The predicted octanol–water partition coefficient (Wildman–Crippen LogP) is 2.81. The molecule has 6 heteroatoms. The van der Waals surface area contributed by atoms with Gasteiger partial charge in [0.15, 0.2) is 0 Å². The molecule has 0 aliphatic heterocycles. The molecule has 0 atom stereocenters. The van der Waals surface area contributed by atoms with Crippen molar-refractivity contribution in [1.82, 2.24) is 14.8 Å². The van der Waals surface area contributed by atoms with E-state index in [4.69, 9.17) is 0 Å². The second-order valence-corrected chi connectivity index (χ2v) is 6.05. The van der Waals surface area contributed by atoms with Gasteiger partial charge in [0.2, 0.25) is 5.91 Å². The smallest absolute Gasteiger partial charge is 0.324 e. The molecule has 6 nitrogen and oxygen atoms in total. The van der Waals surface area contributed by atoms with Crippen LogP contribution in [0.1, 0.15) is 18.1 Å². The van der Waals surface area contributed by atoms with Gasteiger partial charge in [-0.3, -0.25) is 4.79 Å². The highest BCUT2D eigenvalue weighted by Gasteiger charge is 2.09. The number of nitrogens with one attached hydrogen (secondary N) is 1. The molecule has 132 valence electrons. The molecule has 0 spiro atoms. The Morgan fingerprint density at radius 3 is 2.62 bits per heavy atom. The van der Waals surface area contributed by atoms with Crippen molar-refractivity contribution in [1.29, 1.82) is 0 Å². The van der Waals surface area contributed by atoms with Gasteiger partial charge in [0.25, 0.3) is 0 Å². The maximum absolute atomic E-state index is 12.2. The zero-order valence-electron chi connectivity index (χ0n) is 14.8. The molecule has 0 aliphatic rings. The van der Waals surface area contributed by atoms with Crippen molar-refractivity contribution in [2.75, 3.05) is 5.32 Å². The minimum Gasteiger partial charge on any atom is -0.324 e. The molecule has 0 fully saturated rings. The standard InChI is InChI=1S/C20H20N4O2/c1-3-15-5-4-6-17(11-15)22-19(25)13-24-20(26)23-18(12-21-24)16-9-7-14(2)8-10-16/h4-12H,3,13H2,1-2H3,(H,22,25). The largest absolute Gasteiger partial charge is 0.365 e. The molecule has 1 N–H and O–H groups in total. The van der Waals surface area contributed by atoms with Crippen LogP contribution >= 0.6 is 0 Å². The van der Waals surface area contributed by atoms with Crippen molar-refractivity contribution >= 4 is 11.6 Å². The van der Waals surface area contributed by atoms with Crippen LogP contribution in [0.4, 0.5) is 5.69 Å². The van der Waals surface area contributed by atoms with Gasteiger partial charge in [-0.05, 0) is 31.0 Å². The summed E-state index contributed by atoms with van der Waals surface area (Å²) >= 11 is 0. The topological polar surface area (TPSA) is 76.9 Å². The van der Waals surface area contributed by atoms with E-state index in [0.29, 0.717) is 11.4 Å². The third-order valence-corrected chi connectivity index (χ3v) is 4.02. The van der Waals surface area contributed by atoms with E-state index < -0.39 is 5.69 Å². The second kappa shape index (κ2) is 7.74. The average Bonchev–Trinajstić information content (AvgIpc) is 2.64. The lowest BCUT2D eigenvalue weighted by Crippen LogP contribution is -2.31. The molecule has 0 bridgehead atoms. The van der Waals surface area contributed by atoms with Gasteiger partial charge in [-0.1, -0.05) is 48.9 Å². The van der Waals surface area contributed by atoms with Gasteiger partial charge in [0.1, 0.15) is 6.54 Å². The van der Waals surface area contributed by atoms with E-state index in [9.17, 15) is 9.59 Å². The quantitative estimate of drug-likeness (QED) is 0.769. The Balaban J connectivity index is 1.72. The highest BCUT2D eigenvalue weighted by atomic mass is 16.2. The first-order valence-corrected chi connectivity index (χ1v) is 8.45. The van der Waals surface area contributed by atoms with Gasteiger partial charge in [-0.2, -0.15) is 10.1 Å². The number of carbonyl (C=O) groups is 1. The fourth-order valence-corrected chi connectivity index (χ4v) is 2.54. The van der Waals surface area contributed by atoms with Gasteiger partial charge in [-0.25, -0.2) is 9.48 Å². The lowest BCUT2D eigenvalue weighted by atomic mass is 10.1. The van der Waals surface area contributed by atoms with E-state index in [-0.39, 0.29) is 12.5 Å². The van der Waals surface area contributed by atoms with Crippen LogP contribution in [0.25, 0.3) is 11.3 Å². The van der Waals surface area contributed by atoms with Gasteiger partial charge < -0.3 is 5.32 Å². The van der Waals surface area contributed by atoms with E-state index in [1.807, 2.05) is 62.4 Å². The number of benzene rings is 2. The number of hydrogen-bond acceptors (Lipinski definition) is 4. The number of anilines is 1. The van der Waals surface area contributed by atoms with Crippen LogP contribution in [-0.2, 0) is 17.8 Å². The summed E-state index contributed by atoms with van der Waals surface area (Å²) in [5.74, 6) is -0.322. The molecular weight excluding hydrogens is 328 g/mol. The van der Waals surface area contributed by atoms with E-state index >= 15 is 0 Å². The first kappa shape index (κ1) is 17.5. The van der Waals surface area contributed by atoms with Crippen LogP contribution < -0.4 is 11.0 Å². The Labute approximate surface area is 151 Å². The molecule has 0 unspecified atom stereocenters. The Morgan fingerprint density at radius 1 is 1.15 bits per heavy atom. The van der Waals surface area contributed by atoms with Crippen molar-refractivity contribution < 1.29 is 4.79 Å². The third kappa shape index (κ3) is 4.22. The Morgan fingerprint density at radius 2 is 1.92 bits per heavy atom. The molecule has 0 radical (unpaired) electrons. The molecule has 3 aromatic rings. The summed E-state index contributed by atoms with van der Waals surface area (Å²) in [6.07, 6.45) is 2.38. The predicted molar refractivity (Wildman–Crippen MR) is 101 cm³/mol. The van der Waals surface area contributed by atoms with Crippen molar-refractivity contribution in [3.05, 3.63) is 76.3 Å². The Hall–Kier alpha value is -3.28. The number of amides is 1. The summed E-state index contributed by atoms with van der Waals surface area (Å²) in [6, 6.07) is 15.3. The van der Waals surface area contributed by atoms with E-state index in [0.717, 1.165) is 27.8 Å². The zero-order chi connectivity index (χ0) is 18.5. The lowest BCUT2D eigenvalue weighted by Gasteiger charge is -2.08. The van der Waals surface area contributed by atoms with Crippen LogP contribution in [0.5, 0.6) is 0 Å². The second-order valence-electron chi connectivity index (χ2n) is 6.05. The maximum atomic E-state index is 12.2. The number of aryl methyl sites for hydroxylation is 2. The molecule has 0 saturated heterocycles. The molecule has 0 aliphatic carbocycles. The minimum absolute atomic E-state index is 0.184. The fraction of sp³-hybridized carbons (Fsp3) is 0.200. The average molecular weight is 348 g/mol. The van der Waals surface area contributed by atoms with Crippen LogP contribution in [0.15, 0.2) is 59.5 Å². The van der Waals surface area contributed by atoms with Gasteiger partial charge >= 0.3 is 5.69 Å². The third-order valence-electron chi connectivity index (χ3n) is 4.02. The number of rotatable bonds is 5. The summed E-state index contributed by atoms with van der Waals surface area (Å²) in [6.45, 7) is 3.85. The highest BCUT2D eigenvalue weighted by Crippen LogP contribution is 2.15. The van der Waals surface area contributed by atoms with Crippen molar-refractivity contribution in [3.63, 3.8) is 0 Å². The number of hydrogen-bond donors (Lipinski definition) is 1. The van der Waals surface area contributed by atoms with Crippen LogP contribution in [0, 0.1) is 6.92 Å². The van der Waals surface area contributed by atoms with Crippen LogP contribution in [0.3, 0.4) is 0 Å². The molecule has 1 aromatic heterocycles. The van der Waals surface area contributed by atoms with Gasteiger partial charge in [0.05, 0.1) is 11.9 Å². The summed E-state index contributed by atoms with van der Waals surface area (Å²) in [5, 5.41) is 6.85. The molecular formula is C20H20N4O2. The molecule has 3 rings (SSSR count). The summed E-state index contributed by atoms with van der Waals surface area (Å²) < 4.78 is 1.05. The van der Waals surface area contributed by atoms with Crippen LogP contribution in [0.2, 0.25) is 0 Å². The lowest BCUT2D eigenvalue weighted by molar-refractivity contribution is -0.117. The first-order valence-electron chi connectivity index (χ1n) is 8.45. The van der Waals surface area contributed by atoms with Crippen molar-refractivity contribution in [3.8, 4) is 11.3 Å². The highest BCUT2D eigenvalue weighted by molar-refractivity contribution is 5.90. The van der Waals surface area contributed by atoms with E-state index in [2.05, 4.69) is 15.4 Å². The summed E-state index contributed by atoms with van der Waals surface area (Å²) in [4.78, 5) is 28.4. The minimum atomic E-state index is -0.555.